The Morgan fingerprint density at radius 2 is 1.64 bits per heavy atom. The molecule has 6 rings (SSSR count). The van der Waals surface area contributed by atoms with Crippen LogP contribution in [0.3, 0.4) is 0 Å². The largest absolute Gasteiger partial charge is 0.324 e. The summed E-state index contributed by atoms with van der Waals surface area (Å²) >= 11 is 0. The molecule has 8 nitrogen and oxygen atoms in total. The van der Waals surface area contributed by atoms with Gasteiger partial charge in [0.25, 0.3) is 5.91 Å². The summed E-state index contributed by atoms with van der Waals surface area (Å²) in [5.74, 6) is -2.33. The Kier molecular flexibility index (Phi) is 8.07. The zero-order valence-electron chi connectivity index (χ0n) is 24.1. The second-order valence-electron chi connectivity index (χ2n) is 10.5. The number of pyridine rings is 1. The van der Waals surface area contributed by atoms with Crippen molar-refractivity contribution < 1.29 is 13.6 Å². The van der Waals surface area contributed by atoms with Crippen LogP contribution in [0.15, 0.2) is 103 Å². The maximum absolute atomic E-state index is 14.2. The highest BCUT2D eigenvalue weighted by molar-refractivity contribution is 6.05. The number of likely N-dealkylation sites (N-methyl/N-ethyl adjacent to an activating group) is 1. The molecule has 0 aliphatic rings. The van der Waals surface area contributed by atoms with Gasteiger partial charge >= 0.3 is 0 Å². The Morgan fingerprint density at radius 1 is 0.864 bits per heavy atom. The van der Waals surface area contributed by atoms with Crippen LogP contribution in [0.25, 0.3) is 28.3 Å². The number of amides is 1. The van der Waals surface area contributed by atoms with E-state index in [-0.39, 0.29) is 0 Å². The smallest absolute Gasteiger partial charge is 0.261 e. The van der Waals surface area contributed by atoms with Gasteiger partial charge in [-0.05, 0) is 80.7 Å². The van der Waals surface area contributed by atoms with Crippen molar-refractivity contribution in [1.82, 2.24) is 24.3 Å². The summed E-state index contributed by atoms with van der Waals surface area (Å²) in [4.78, 5) is 29.1. The Hall–Kier alpha value is -5.48. The average molecular weight is 590 g/mol. The van der Waals surface area contributed by atoms with Gasteiger partial charge in [-0.1, -0.05) is 36.4 Å². The summed E-state index contributed by atoms with van der Waals surface area (Å²) in [7, 11) is 4.10. The molecule has 1 amide bonds. The van der Waals surface area contributed by atoms with Crippen molar-refractivity contribution in [2.24, 2.45) is 0 Å². The van der Waals surface area contributed by atoms with E-state index in [1.807, 2.05) is 53.1 Å². The predicted octanol–water partition coefficient (Wildman–Crippen LogP) is 6.84. The van der Waals surface area contributed by atoms with E-state index in [0.717, 1.165) is 36.5 Å². The average Bonchev–Trinajstić information content (AvgIpc) is 3.40. The van der Waals surface area contributed by atoms with Crippen molar-refractivity contribution in [2.75, 3.05) is 31.3 Å². The molecule has 0 radical (unpaired) electrons. The van der Waals surface area contributed by atoms with E-state index in [4.69, 9.17) is 9.97 Å². The number of nitrogens with zero attached hydrogens (tertiary/aromatic N) is 5. The van der Waals surface area contributed by atoms with E-state index in [1.165, 1.54) is 11.6 Å². The molecule has 0 fully saturated rings. The fourth-order valence-corrected chi connectivity index (χ4v) is 4.93. The van der Waals surface area contributed by atoms with Crippen LogP contribution < -0.4 is 10.6 Å². The number of fused-ring (bicyclic) bond motifs is 1. The summed E-state index contributed by atoms with van der Waals surface area (Å²) in [5, 5.41) is 5.93. The number of carbonyl (C=O) groups excluding carboxylic acids is 1. The lowest BCUT2D eigenvalue weighted by molar-refractivity contribution is 0.101. The fraction of sp³-hybridized carbons (Fsp3) is 0.118. The summed E-state index contributed by atoms with van der Waals surface area (Å²) in [6.45, 7) is 0.942. The molecule has 6 aromatic rings. The van der Waals surface area contributed by atoms with Crippen molar-refractivity contribution in [1.29, 1.82) is 0 Å². The van der Waals surface area contributed by atoms with E-state index in [2.05, 4.69) is 46.7 Å². The van der Waals surface area contributed by atoms with Crippen molar-refractivity contribution >= 4 is 28.9 Å². The molecule has 44 heavy (non-hydrogen) atoms. The van der Waals surface area contributed by atoms with Crippen LogP contribution in [0.5, 0.6) is 0 Å². The van der Waals surface area contributed by atoms with Gasteiger partial charge in [-0.3, -0.25) is 9.20 Å². The molecular weight excluding hydrogens is 560 g/mol. The molecule has 0 unspecified atom stereocenters. The van der Waals surface area contributed by atoms with Crippen molar-refractivity contribution in [3.8, 4) is 22.6 Å². The summed E-state index contributed by atoms with van der Waals surface area (Å²) < 4.78 is 30.4. The topological polar surface area (TPSA) is 87.5 Å². The highest BCUT2D eigenvalue weighted by atomic mass is 19.1. The van der Waals surface area contributed by atoms with Crippen LogP contribution in [0, 0.1) is 11.6 Å². The molecule has 3 aromatic carbocycles. The zero-order valence-corrected chi connectivity index (χ0v) is 24.1. The third-order valence-corrected chi connectivity index (χ3v) is 7.04. The minimum absolute atomic E-state index is 0.359. The Morgan fingerprint density at radius 3 is 2.45 bits per heavy atom. The molecule has 220 valence electrons. The van der Waals surface area contributed by atoms with E-state index in [0.29, 0.717) is 34.2 Å². The van der Waals surface area contributed by atoms with Crippen LogP contribution >= 0.6 is 0 Å². The van der Waals surface area contributed by atoms with Gasteiger partial charge in [0.2, 0.25) is 5.95 Å². The van der Waals surface area contributed by atoms with E-state index in [9.17, 15) is 13.6 Å². The molecule has 0 saturated carbocycles. The van der Waals surface area contributed by atoms with E-state index < -0.39 is 23.1 Å². The Bertz CT molecular complexity index is 1950. The number of aromatic nitrogens is 4. The van der Waals surface area contributed by atoms with Gasteiger partial charge in [-0.2, -0.15) is 0 Å². The Balaban J connectivity index is 1.34. The standard InChI is InChI=1S/C34H29F2N7O/c1-42(2)19-16-22-8-5-10-24(20-22)39-34-37-17-15-28(40-34)32-31(41-29-14-3-4-18-43(29)32)23-9-6-11-25(21-23)38-33(44)30-26(35)12-7-13-27(30)36/h3-15,17-18,20-21H,16,19H2,1-2H3,(H,38,44)(H,37,39,40). The monoisotopic (exact) mass is 589 g/mol. The lowest BCUT2D eigenvalue weighted by Crippen LogP contribution is -2.15. The molecule has 3 heterocycles. The Labute approximate surface area is 253 Å². The molecule has 0 spiro atoms. The highest BCUT2D eigenvalue weighted by Crippen LogP contribution is 2.33. The maximum Gasteiger partial charge on any atom is 0.261 e. The van der Waals surface area contributed by atoms with Gasteiger partial charge in [0.05, 0.1) is 17.1 Å². The van der Waals surface area contributed by atoms with Gasteiger partial charge in [0.1, 0.15) is 22.8 Å². The minimum Gasteiger partial charge on any atom is -0.324 e. The third kappa shape index (κ3) is 6.16. The molecule has 10 heteroatoms. The summed E-state index contributed by atoms with van der Waals surface area (Å²) in [6.07, 6.45) is 4.51. The summed E-state index contributed by atoms with van der Waals surface area (Å²) in [6, 6.07) is 25.9. The van der Waals surface area contributed by atoms with Gasteiger partial charge in [0.15, 0.2) is 0 Å². The molecule has 0 aliphatic carbocycles. The van der Waals surface area contributed by atoms with Crippen LogP contribution in [0.4, 0.5) is 26.1 Å². The SMILES string of the molecule is CN(C)CCc1cccc(Nc2nccc(-c3c(-c4cccc(NC(=O)c5c(F)cccc5F)c4)nc4ccccn34)n2)c1. The van der Waals surface area contributed by atoms with Gasteiger partial charge in [-0.25, -0.2) is 23.7 Å². The molecule has 0 saturated heterocycles. The first kappa shape index (κ1) is 28.6. The maximum atomic E-state index is 14.2. The van der Waals surface area contributed by atoms with Crippen molar-refractivity contribution in [3.05, 3.63) is 126 Å². The van der Waals surface area contributed by atoms with E-state index >= 15 is 0 Å². The second kappa shape index (κ2) is 12.4. The minimum atomic E-state index is -0.935. The first-order valence-electron chi connectivity index (χ1n) is 14.0. The number of carbonyl (C=O) groups is 1. The number of rotatable bonds is 9. The predicted molar refractivity (Wildman–Crippen MR) is 168 cm³/mol. The number of hydrogen-bond acceptors (Lipinski definition) is 6. The third-order valence-electron chi connectivity index (χ3n) is 7.04. The lowest BCUT2D eigenvalue weighted by Gasteiger charge is -2.12. The van der Waals surface area contributed by atoms with Crippen molar-refractivity contribution in [2.45, 2.75) is 6.42 Å². The lowest BCUT2D eigenvalue weighted by atomic mass is 10.1. The van der Waals surface area contributed by atoms with Crippen LogP contribution in [-0.4, -0.2) is 50.8 Å². The van der Waals surface area contributed by atoms with Gasteiger partial charge < -0.3 is 15.5 Å². The van der Waals surface area contributed by atoms with Gasteiger partial charge in [-0.15, -0.1) is 0 Å². The number of halogens is 2. The zero-order chi connectivity index (χ0) is 30.6. The molecule has 2 N–H and O–H groups in total. The first-order chi connectivity index (χ1) is 21.4. The van der Waals surface area contributed by atoms with Gasteiger partial charge in [0, 0.05) is 35.9 Å². The number of hydrogen-bond donors (Lipinski definition) is 2. The number of anilines is 3. The normalized spacial score (nSPS) is 11.2. The molecule has 0 bridgehead atoms. The number of benzene rings is 3. The summed E-state index contributed by atoms with van der Waals surface area (Å²) in [5.41, 5.74) is 5.13. The molecule has 0 aliphatic heterocycles. The number of nitrogens with one attached hydrogen (secondary N) is 2. The molecule has 0 atom stereocenters. The van der Waals surface area contributed by atoms with Crippen molar-refractivity contribution in [3.63, 3.8) is 0 Å². The number of imidazole rings is 1. The van der Waals surface area contributed by atoms with Crippen LogP contribution in [0.1, 0.15) is 15.9 Å². The van der Waals surface area contributed by atoms with Crippen LogP contribution in [-0.2, 0) is 6.42 Å². The first-order valence-corrected chi connectivity index (χ1v) is 14.0. The van der Waals surface area contributed by atoms with Crippen LogP contribution in [0.2, 0.25) is 0 Å². The highest BCUT2D eigenvalue weighted by Gasteiger charge is 2.20. The molecular formula is C34H29F2N7O. The molecule has 3 aromatic heterocycles. The quantitative estimate of drug-likeness (QED) is 0.192. The van der Waals surface area contributed by atoms with E-state index in [1.54, 1.807) is 24.4 Å². The fourth-order valence-electron chi connectivity index (χ4n) is 4.93. The second-order valence-corrected chi connectivity index (χ2v) is 10.5.